The predicted octanol–water partition coefficient (Wildman–Crippen LogP) is 3.84. The van der Waals surface area contributed by atoms with Gasteiger partial charge in [-0.15, -0.1) is 0 Å². The van der Waals surface area contributed by atoms with Crippen molar-refractivity contribution >= 4 is 19.2 Å². The van der Waals surface area contributed by atoms with Crippen molar-refractivity contribution < 1.29 is 22.4 Å². The third kappa shape index (κ3) is 3.52. The third-order valence-corrected chi connectivity index (χ3v) is 4.89. The van der Waals surface area contributed by atoms with E-state index in [1.165, 1.54) is 0 Å². The smallest absolute Gasteiger partial charge is 0.314 e. The molecule has 0 fully saturated rings. The van der Waals surface area contributed by atoms with E-state index < -0.39 is 35.6 Å². The highest BCUT2D eigenvalue weighted by Gasteiger charge is 2.37. The van der Waals surface area contributed by atoms with Crippen molar-refractivity contribution in [3.63, 3.8) is 0 Å². The second-order valence-corrected chi connectivity index (χ2v) is 6.11. The molecule has 8 heteroatoms. The summed E-state index contributed by atoms with van der Waals surface area (Å²) in [6.07, 6.45) is 0. The Morgan fingerprint density at radius 2 is 1.74 bits per heavy atom. The first-order valence-electron chi connectivity index (χ1n) is 5.65. The number of halogens is 3. The van der Waals surface area contributed by atoms with Crippen LogP contribution in [0.15, 0.2) is 12.1 Å². The van der Waals surface area contributed by atoms with Gasteiger partial charge < -0.3 is 14.8 Å². The Morgan fingerprint density at radius 3 is 2.21 bits per heavy atom. The molecule has 0 aliphatic rings. The summed E-state index contributed by atoms with van der Waals surface area (Å²) in [5, 5.41) is -0.521. The summed E-state index contributed by atoms with van der Waals surface area (Å²) in [4.78, 5) is 0. The predicted molar refractivity (Wildman–Crippen MR) is 69.2 cm³/mol. The van der Waals surface area contributed by atoms with Crippen LogP contribution in [0, 0.1) is 11.6 Å². The molecule has 0 saturated carbocycles. The molecular weight excluding hydrogens is 299 g/mol. The van der Waals surface area contributed by atoms with Gasteiger partial charge in [0.2, 0.25) is 0 Å². The summed E-state index contributed by atoms with van der Waals surface area (Å²) < 4.78 is 49.5. The Balaban J connectivity index is 3.28. The second-order valence-electron chi connectivity index (χ2n) is 3.58. The lowest BCUT2D eigenvalue weighted by atomic mass is 10.2. The monoisotopic (exact) mass is 313 g/mol. The summed E-state index contributed by atoms with van der Waals surface area (Å²) in [5.41, 5.74) is 5.30. The van der Waals surface area contributed by atoms with Gasteiger partial charge in [0.25, 0.3) is 0 Å². The minimum absolute atomic E-state index is 0.0551. The topological polar surface area (TPSA) is 61.5 Å². The van der Waals surface area contributed by atoms with Crippen LogP contribution in [0.25, 0.3) is 0 Å². The molecule has 0 saturated heterocycles. The van der Waals surface area contributed by atoms with Crippen LogP contribution in [0.5, 0.6) is 0 Å². The first kappa shape index (κ1) is 16.5. The fourth-order valence-corrected chi connectivity index (χ4v) is 3.56. The minimum atomic E-state index is -3.82. The van der Waals surface area contributed by atoms with Crippen LogP contribution in [0.4, 0.5) is 8.78 Å². The molecule has 108 valence electrons. The summed E-state index contributed by atoms with van der Waals surface area (Å²) in [6.45, 7) is 3.28. The van der Waals surface area contributed by atoms with Crippen LogP contribution in [0.2, 0.25) is 5.02 Å². The summed E-state index contributed by atoms with van der Waals surface area (Å²) in [6, 6.07) is 1.72. The molecule has 0 amide bonds. The summed E-state index contributed by atoms with van der Waals surface area (Å²) >= 11 is 5.67. The molecule has 0 unspecified atom stereocenters. The largest absolute Gasteiger partial charge is 0.351 e. The lowest BCUT2D eigenvalue weighted by Gasteiger charge is -2.24. The molecular formula is C11H15ClF2NO3P. The second kappa shape index (κ2) is 6.77. The lowest BCUT2D eigenvalue weighted by Crippen LogP contribution is -2.17. The van der Waals surface area contributed by atoms with E-state index in [-0.39, 0.29) is 13.2 Å². The molecule has 0 bridgehead atoms. The van der Waals surface area contributed by atoms with Crippen molar-refractivity contribution in [1.29, 1.82) is 0 Å². The Kier molecular flexibility index (Phi) is 5.89. The van der Waals surface area contributed by atoms with Crippen LogP contribution in [0.3, 0.4) is 0 Å². The maximum Gasteiger partial charge on any atom is 0.351 e. The van der Waals surface area contributed by atoms with Crippen LogP contribution in [-0.2, 0) is 13.6 Å². The Labute approximate surface area is 115 Å². The summed E-state index contributed by atoms with van der Waals surface area (Å²) in [5.74, 6) is -3.21. The molecule has 19 heavy (non-hydrogen) atoms. The molecule has 4 nitrogen and oxygen atoms in total. The van der Waals surface area contributed by atoms with Crippen molar-refractivity contribution in [2.45, 2.75) is 19.6 Å². The van der Waals surface area contributed by atoms with E-state index in [9.17, 15) is 13.3 Å². The van der Waals surface area contributed by atoms with Gasteiger partial charge in [-0.25, -0.2) is 8.78 Å². The average molecular weight is 314 g/mol. The molecule has 0 radical (unpaired) electrons. The van der Waals surface area contributed by atoms with E-state index >= 15 is 0 Å². The Morgan fingerprint density at radius 1 is 1.26 bits per heavy atom. The SMILES string of the molecule is CCOP(=O)(OCC)[C@H](N)c1c(F)ccc(F)c1Cl. The highest BCUT2D eigenvalue weighted by molar-refractivity contribution is 7.54. The normalized spacial score (nSPS) is 13.6. The first-order chi connectivity index (χ1) is 8.87. The van der Waals surface area contributed by atoms with Gasteiger partial charge in [-0.3, -0.25) is 4.57 Å². The van der Waals surface area contributed by atoms with Gasteiger partial charge >= 0.3 is 7.60 Å². The third-order valence-electron chi connectivity index (χ3n) is 2.33. The molecule has 2 N–H and O–H groups in total. The van der Waals surface area contributed by atoms with Crippen molar-refractivity contribution in [3.8, 4) is 0 Å². The van der Waals surface area contributed by atoms with E-state index in [4.69, 9.17) is 26.4 Å². The molecule has 0 heterocycles. The van der Waals surface area contributed by atoms with E-state index in [0.29, 0.717) is 0 Å². The van der Waals surface area contributed by atoms with Crippen LogP contribution in [0.1, 0.15) is 25.2 Å². The van der Waals surface area contributed by atoms with Gasteiger partial charge in [0.05, 0.1) is 18.2 Å². The number of rotatable bonds is 6. The van der Waals surface area contributed by atoms with E-state index in [1.54, 1.807) is 13.8 Å². The van der Waals surface area contributed by atoms with Gasteiger partial charge in [0.1, 0.15) is 17.4 Å². The summed E-state index contributed by atoms with van der Waals surface area (Å²) in [7, 11) is -3.82. The van der Waals surface area contributed by atoms with Crippen molar-refractivity contribution in [3.05, 3.63) is 34.4 Å². The van der Waals surface area contributed by atoms with Crippen molar-refractivity contribution in [2.24, 2.45) is 5.73 Å². The highest BCUT2D eigenvalue weighted by Crippen LogP contribution is 2.59. The highest BCUT2D eigenvalue weighted by atomic mass is 35.5. The van der Waals surface area contributed by atoms with Gasteiger partial charge in [-0.2, -0.15) is 0 Å². The number of hydrogen-bond acceptors (Lipinski definition) is 4. The van der Waals surface area contributed by atoms with Crippen LogP contribution in [-0.4, -0.2) is 13.2 Å². The quantitative estimate of drug-likeness (QED) is 0.640. The van der Waals surface area contributed by atoms with Crippen molar-refractivity contribution in [2.75, 3.05) is 13.2 Å². The zero-order valence-corrected chi connectivity index (χ0v) is 12.2. The first-order valence-corrected chi connectivity index (χ1v) is 7.64. The molecule has 1 atom stereocenters. The zero-order valence-electron chi connectivity index (χ0n) is 10.5. The maximum absolute atomic E-state index is 13.7. The van der Waals surface area contributed by atoms with Gasteiger partial charge in [-0.1, -0.05) is 11.6 Å². The average Bonchev–Trinajstić information content (AvgIpc) is 2.35. The Bertz CT molecular complexity index is 491. The van der Waals surface area contributed by atoms with E-state index in [2.05, 4.69) is 0 Å². The van der Waals surface area contributed by atoms with Crippen LogP contribution >= 0.6 is 19.2 Å². The van der Waals surface area contributed by atoms with Gasteiger partial charge in [0.15, 0.2) is 0 Å². The van der Waals surface area contributed by atoms with E-state index in [0.717, 1.165) is 12.1 Å². The fraction of sp³-hybridized carbons (Fsp3) is 0.455. The molecule has 0 spiro atoms. The molecule has 0 aliphatic carbocycles. The van der Waals surface area contributed by atoms with Crippen LogP contribution < -0.4 is 5.73 Å². The molecule has 1 aromatic rings. The molecule has 0 aromatic heterocycles. The fourth-order valence-electron chi connectivity index (χ4n) is 1.53. The standard InChI is InChI=1S/C11H15ClF2NO3P/c1-3-17-19(16,18-4-2)11(15)9-7(13)5-6-8(14)10(9)12/h5-6,11H,3-4,15H2,1-2H3/t11-/m0/s1. The maximum atomic E-state index is 13.7. The molecule has 1 aromatic carbocycles. The zero-order chi connectivity index (χ0) is 14.6. The number of nitrogens with two attached hydrogens (primary N) is 1. The number of benzene rings is 1. The lowest BCUT2D eigenvalue weighted by molar-refractivity contribution is 0.212. The molecule has 1 rings (SSSR count). The van der Waals surface area contributed by atoms with Crippen molar-refractivity contribution in [1.82, 2.24) is 0 Å². The van der Waals surface area contributed by atoms with Gasteiger partial charge in [-0.05, 0) is 26.0 Å². The van der Waals surface area contributed by atoms with E-state index in [1.807, 2.05) is 0 Å². The minimum Gasteiger partial charge on any atom is -0.314 e. The van der Waals surface area contributed by atoms with Gasteiger partial charge in [0, 0.05) is 5.56 Å². The number of hydrogen-bond donors (Lipinski definition) is 1. The molecule has 0 aliphatic heterocycles. The Hall–Kier alpha value is -0.520.